The molecular weight excluding hydrogens is 344 g/mol. The number of carbonyl (C=O) groups is 1. The summed E-state index contributed by atoms with van der Waals surface area (Å²) in [5.41, 5.74) is 2.82. The molecule has 1 unspecified atom stereocenters. The number of ether oxygens (including phenoxy) is 1. The average molecular weight is 362 g/mol. The Labute approximate surface area is 155 Å². The quantitative estimate of drug-likeness (QED) is 0.465. The molecule has 0 bridgehead atoms. The van der Waals surface area contributed by atoms with Crippen LogP contribution in [0.15, 0.2) is 60.8 Å². The molecule has 0 saturated carbocycles. The van der Waals surface area contributed by atoms with E-state index < -0.39 is 0 Å². The lowest BCUT2D eigenvalue weighted by Crippen LogP contribution is -2.10. The summed E-state index contributed by atoms with van der Waals surface area (Å²) in [6.45, 7) is 1.88. The minimum absolute atomic E-state index is 0.218. The highest BCUT2D eigenvalue weighted by atomic mass is 32.1. The molecule has 4 rings (SSSR count). The number of thiazole rings is 1. The van der Waals surface area contributed by atoms with Gasteiger partial charge in [-0.25, -0.2) is 4.98 Å². The highest BCUT2D eigenvalue weighted by molar-refractivity contribution is 7.18. The predicted molar refractivity (Wildman–Crippen MR) is 104 cm³/mol. The van der Waals surface area contributed by atoms with Gasteiger partial charge in [0.2, 0.25) is 0 Å². The molecule has 2 aromatic heterocycles. The van der Waals surface area contributed by atoms with Crippen LogP contribution < -0.4 is 0 Å². The molecule has 4 nitrogen and oxygen atoms in total. The number of para-hydroxylation sites is 2. The lowest BCUT2D eigenvalue weighted by atomic mass is 10.1. The van der Waals surface area contributed by atoms with E-state index >= 15 is 0 Å². The zero-order valence-corrected chi connectivity index (χ0v) is 15.2. The topological polar surface area (TPSA) is 52.1 Å². The third-order valence-electron chi connectivity index (χ3n) is 4.27. The van der Waals surface area contributed by atoms with E-state index in [1.807, 2.05) is 61.5 Å². The van der Waals surface area contributed by atoms with Crippen LogP contribution in [0, 0.1) is 0 Å². The van der Waals surface area contributed by atoms with Gasteiger partial charge in [0, 0.05) is 23.6 Å². The summed E-state index contributed by atoms with van der Waals surface area (Å²) in [5.74, 6) is -0.218. The van der Waals surface area contributed by atoms with Crippen molar-refractivity contribution in [2.75, 3.05) is 0 Å². The number of pyridine rings is 1. The zero-order valence-electron chi connectivity index (χ0n) is 14.4. The van der Waals surface area contributed by atoms with Crippen LogP contribution in [0.25, 0.3) is 21.1 Å². The molecule has 0 fully saturated rings. The van der Waals surface area contributed by atoms with Gasteiger partial charge in [-0.1, -0.05) is 30.3 Å². The zero-order chi connectivity index (χ0) is 17.9. The maximum Gasteiger partial charge on any atom is 0.306 e. The molecule has 2 heterocycles. The highest BCUT2D eigenvalue weighted by Crippen LogP contribution is 2.24. The van der Waals surface area contributed by atoms with Crippen molar-refractivity contribution in [1.29, 1.82) is 0 Å². The van der Waals surface area contributed by atoms with Crippen LogP contribution in [0.4, 0.5) is 0 Å². The number of esters is 1. The number of aryl methyl sites for hydroxylation is 1. The first kappa shape index (κ1) is 16.7. The van der Waals surface area contributed by atoms with Crippen molar-refractivity contribution in [1.82, 2.24) is 9.97 Å². The van der Waals surface area contributed by atoms with Crippen molar-refractivity contribution in [2.45, 2.75) is 25.9 Å². The van der Waals surface area contributed by atoms with Gasteiger partial charge in [0.05, 0.1) is 27.2 Å². The van der Waals surface area contributed by atoms with Crippen LogP contribution in [-0.2, 0) is 16.0 Å². The molecule has 0 aliphatic heterocycles. The van der Waals surface area contributed by atoms with E-state index in [-0.39, 0.29) is 12.1 Å². The second kappa shape index (κ2) is 7.22. The minimum atomic E-state index is -0.324. The minimum Gasteiger partial charge on any atom is -0.458 e. The van der Waals surface area contributed by atoms with Crippen LogP contribution in [0.5, 0.6) is 0 Å². The molecule has 0 radical (unpaired) electrons. The Morgan fingerprint density at radius 1 is 1.12 bits per heavy atom. The fourth-order valence-electron chi connectivity index (χ4n) is 2.87. The maximum atomic E-state index is 12.2. The molecule has 0 aliphatic carbocycles. The molecule has 26 heavy (non-hydrogen) atoms. The van der Waals surface area contributed by atoms with Gasteiger partial charge in [0.1, 0.15) is 6.10 Å². The second-order valence-electron chi connectivity index (χ2n) is 6.17. The summed E-state index contributed by atoms with van der Waals surface area (Å²) in [6.07, 6.45) is 2.37. The van der Waals surface area contributed by atoms with Crippen LogP contribution in [-0.4, -0.2) is 15.9 Å². The first-order valence-corrected chi connectivity index (χ1v) is 9.39. The molecule has 0 amide bonds. The number of carbonyl (C=O) groups excluding carboxylic acids is 1. The number of benzene rings is 2. The maximum absolute atomic E-state index is 12.2. The first-order valence-electron chi connectivity index (χ1n) is 8.58. The third-order valence-corrected chi connectivity index (χ3v) is 5.37. The van der Waals surface area contributed by atoms with Gasteiger partial charge in [-0.3, -0.25) is 9.78 Å². The van der Waals surface area contributed by atoms with E-state index in [9.17, 15) is 4.79 Å². The number of fused-ring (bicyclic) bond motifs is 2. The molecule has 130 valence electrons. The van der Waals surface area contributed by atoms with Crippen molar-refractivity contribution in [2.24, 2.45) is 0 Å². The largest absolute Gasteiger partial charge is 0.458 e. The van der Waals surface area contributed by atoms with E-state index in [0.717, 1.165) is 31.7 Å². The second-order valence-corrected chi connectivity index (χ2v) is 7.28. The summed E-state index contributed by atoms with van der Waals surface area (Å²) < 4.78 is 6.72. The van der Waals surface area contributed by atoms with Gasteiger partial charge in [0.15, 0.2) is 0 Å². The summed E-state index contributed by atoms with van der Waals surface area (Å²) in [6, 6.07) is 17.9. The predicted octanol–water partition coefficient (Wildman–Crippen LogP) is 5.08. The molecule has 0 saturated heterocycles. The summed E-state index contributed by atoms with van der Waals surface area (Å²) >= 11 is 1.63. The Hall–Kier alpha value is -2.79. The molecule has 0 aliphatic rings. The van der Waals surface area contributed by atoms with Crippen molar-refractivity contribution in [3.8, 4) is 0 Å². The van der Waals surface area contributed by atoms with Crippen LogP contribution >= 0.6 is 11.3 Å². The fraction of sp³-hybridized carbons (Fsp3) is 0.190. The van der Waals surface area contributed by atoms with Crippen LogP contribution in [0.3, 0.4) is 0 Å². The molecule has 0 N–H and O–H groups in total. The number of aromatic nitrogens is 2. The molecule has 2 aromatic carbocycles. The van der Waals surface area contributed by atoms with Gasteiger partial charge in [-0.05, 0) is 31.2 Å². The lowest BCUT2D eigenvalue weighted by Gasteiger charge is -2.13. The van der Waals surface area contributed by atoms with E-state index in [2.05, 4.69) is 9.97 Å². The molecule has 0 spiro atoms. The van der Waals surface area contributed by atoms with Gasteiger partial charge in [-0.2, -0.15) is 0 Å². The summed E-state index contributed by atoms with van der Waals surface area (Å²) in [7, 11) is 0. The van der Waals surface area contributed by atoms with Gasteiger partial charge in [-0.15, -0.1) is 11.3 Å². The normalized spacial score (nSPS) is 12.3. The Morgan fingerprint density at radius 3 is 2.73 bits per heavy atom. The SMILES string of the molecule is CC(OC(=O)CCc1nc2ccccc2s1)c1cnc2ccccc2c1. The van der Waals surface area contributed by atoms with Gasteiger partial charge < -0.3 is 4.74 Å². The molecular formula is C21H18N2O2S. The number of nitrogens with zero attached hydrogens (tertiary/aromatic N) is 2. The van der Waals surface area contributed by atoms with Crippen molar-refractivity contribution >= 4 is 38.4 Å². The van der Waals surface area contributed by atoms with Crippen molar-refractivity contribution in [3.63, 3.8) is 0 Å². The van der Waals surface area contributed by atoms with E-state index in [4.69, 9.17) is 4.74 Å². The standard InChI is InChI=1S/C21H18N2O2S/c1-14(16-12-15-6-2-3-7-17(15)22-13-16)25-21(24)11-10-20-23-18-8-4-5-9-19(18)26-20/h2-9,12-14H,10-11H2,1H3. The van der Waals surface area contributed by atoms with Gasteiger partial charge >= 0.3 is 5.97 Å². The van der Waals surface area contributed by atoms with E-state index in [0.29, 0.717) is 12.8 Å². The Morgan fingerprint density at radius 2 is 1.88 bits per heavy atom. The lowest BCUT2D eigenvalue weighted by molar-refractivity contribution is -0.148. The highest BCUT2D eigenvalue weighted by Gasteiger charge is 2.14. The van der Waals surface area contributed by atoms with E-state index in [1.54, 1.807) is 17.5 Å². The average Bonchev–Trinajstić information content (AvgIpc) is 3.09. The summed E-state index contributed by atoms with van der Waals surface area (Å²) in [4.78, 5) is 21.2. The first-order chi connectivity index (χ1) is 12.7. The van der Waals surface area contributed by atoms with Crippen molar-refractivity contribution in [3.05, 3.63) is 71.4 Å². The molecule has 1 atom stereocenters. The Balaban J connectivity index is 1.38. The monoisotopic (exact) mass is 362 g/mol. The summed E-state index contributed by atoms with van der Waals surface area (Å²) in [5, 5.41) is 2.01. The van der Waals surface area contributed by atoms with Gasteiger partial charge in [0.25, 0.3) is 0 Å². The Bertz CT molecular complexity index is 1040. The molecule has 4 aromatic rings. The van der Waals surface area contributed by atoms with Crippen LogP contribution in [0.2, 0.25) is 0 Å². The number of hydrogen-bond acceptors (Lipinski definition) is 5. The van der Waals surface area contributed by atoms with Crippen LogP contribution in [0.1, 0.15) is 30.0 Å². The van der Waals surface area contributed by atoms with E-state index in [1.165, 1.54) is 0 Å². The fourth-order valence-corrected chi connectivity index (χ4v) is 3.84. The smallest absolute Gasteiger partial charge is 0.306 e. The Kier molecular flexibility index (Phi) is 4.63. The number of rotatable bonds is 5. The molecule has 5 heteroatoms. The van der Waals surface area contributed by atoms with Crippen molar-refractivity contribution < 1.29 is 9.53 Å². The number of hydrogen-bond donors (Lipinski definition) is 0. The third kappa shape index (κ3) is 3.58.